The van der Waals surface area contributed by atoms with Gasteiger partial charge in [0.1, 0.15) is 0 Å². The van der Waals surface area contributed by atoms with E-state index >= 15 is 0 Å². The molecule has 1 atom stereocenters. The summed E-state index contributed by atoms with van der Waals surface area (Å²) in [5.41, 5.74) is 6.38. The van der Waals surface area contributed by atoms with Crippen LogP contribution in [0.5, 0.6) is 0 Å². The lowest BCUT2D eigenvalue weighted by molar-refractivity contribution is -0.134. The highest BCUT2D eigenvalue weighted by Crippen LogP contribution is 2.31. The molecular weight excluding hydrogens is 348 g/mol. The van der Waals surface area contributed by atoms with Crippen LogP contribution in [0.25, 0.3) is 17.0 Å². The Morgan fingerprint density at radius 3 is 3.07 bits per heavy atom. The molecule has 1 aliphatic carbocycles. The SMILES string of the molecule is COC(=O)/C=C/c1ccc2c(c1)CCCC2NCCc1c[nH]c2ccccc12. The molecule has 0 spiro atoms. The second-order valence-corrected chi connectivity index (χ2v) is 7.32. The number of hydrogen-bond donors (Lipinski definition) is 2. The van der Waals surface area contributed by atoms with E-state index in [1.807, 2.05) is 6.08 Å². The Labute approximate surface area is 165 Å². The van der Waals surface area contributed by atoms with Crippen LogP contribution in [-0.2, 0) is 22.4 Å². The highest BCUT2D eigenvalue weighted by Gasteiger charge is 2.19. The van der Waals surface area contributed by atoms with Crippen molar-refractivity contribution in [3.63, 3.8) is 0 Å². The van der Waals surface area contributed by atoms with E-state index in [4.69, 9.17) is 0 Å². The van der Waals surface area contributed by atoms with Gasteiger partial charge in [-0.15, -0.1) is 0 Å². The van der Waals surface area contributed by atoms with Crippen LogP contribution in [0.2, 0.25) is 0 Å². The fourth-order valence-electron chi connectivity index (χ4n) is 4.10. The van der Waals surface area contributed by atoms with E-state index in [2.05, 4.69) is 63.7 Å². The molecule has 0 fully saturated rings. The number of aromatic amines is 1. The maximum atomic E-state index is 11.3. The zero-order valence-electron chi connectivity index (χ0n) is 16.2. The molecule has 4 heteroatoms. The van der Waals surface area contributed by atoms with Gasteiger partial charge in [-0.05, 0) is 66.6 Å². The molecule has 0 saturated carbocycles. The van der Waals surface area contributed by atoms with Gasteiger partial charge in [0.05, 0.1) is 7.11 Å². The van der Waals surface area contributed by atoms with Gasteiger partial charge < -0.3 is 15.0 Å². The van der Waals surface area contributed by atoms with E-state index in [0.717, 1.165) is 31.4 Å². The van der Waals surface area contributed by atoms with Crippen molar-refractivity contribution in [3.8, 4) is 0 Å². The maximum absolute atomic E-state index is 11.3. The summed E-state index contributed by atoms with van der Waals surface area (Å²) >= 11 is 0. The Bertz CT molecular complexity index is 1000. The Morgan fingerprint density at radius 2 is 2.18 bits per heavy atom. The van der Waals surface area contributed by atoms with Crippen molar-refractivity contribution in [2.45, 2.75) is 31.7 Å². The summed E-state index contributed by atoms with van der Waals surface area (Å²) in [6, 6.07) is 15.3. The van der Waals surface area contributed by atoms with Crippen LogP contribution in [0.1, 0.15) is 41.1 Å². The van der Waals surface area contributed by atoms with Gasteiger partial charge in [0.15, 0.2) is 0 Å². The topological polar surface area (TPSA) is 54.1 Å². The minimum absolute atomic E-state index is 0.324. The van der Waals surface area contributed by atoms with Gasteiger partial charge in [0.2, 0.25) is 0 Å². The third-order valence-corrected chi connectivity index (χ3v) is 5.55. The molecular formula is C24H26N2O2. The third-order valence-electron chi connectivity index (χ3n) is 5.55. The van der Waals surface area contributed by atoms with Crippen LogP contribution >= 0.6 is 0 Å². The highest BCUT2D eigenvalue weighted by atomic mass is 16.5. The van der Waals surface area contributed by atoms with E-state index in [1.165, 1.54) is 47.2 Å². The largest absolute Gasteiger partial charge is 0.466 e. The van der Waals surface area contributed by atoms with E-state index < -0.39 is 0 Å². The van der Waals surface area contributed by atoms with Crippen molar-refractivity contribution in [1.82, 2.24) is 10.3 Å². The fraction of sp³-hybridized carbons (Fsp3) is 0.292. The number of hydrogen-bond acceptors (Lipinski definition) is 3. The average Bonchev–Trinajstić information content (AvgIpc) is 3.15. The molecule has 0 aliphatic heterocycles. The van der Waals surface area contributed by atoms with Gasteiger partial charge in [-0.2, -0.15) is 0 Å². The molecule has 28 heavy (non-hydrogen) atoms. The van der Waals surface area contributed by atoms with Crippen LogP contribution in [0.4, 0.5) is 0 Å². The molecule has 1 aromatic heterocycles. The summed E-state index contributed by atoms with van der Waals surface area (Å²) in [5, 5.41) is 5.07. The molecule has 1 aliphatic rings. The third kappa shape index (κ3) is 4.02. The number of H-pyrrole nitrogens is 1. The van der Waals surface area contributed by atoms with Crippen molar-refractivity contribution in [2.24, 2.45) is 0 Å². The Morgan fingerprint density at radius 1 is 1.29 bits per heavy atom. The molecule has 2 aromatic carbocycles. The van der Waals surface area contributed by atoms with Crippen molar-refractivity contribution in [1.29, 1.82) is 0 Å². The zero-order valence-corrected chi connectivity index (χ0v) is 16.2. The van der Waals surface area contributed by atoms with Crippen molar-refractivity contribution in [3.05, 3.63) is 77.0 Å². The predicted octanol–water partition coefficient (Wildman–Crippen LogP) is 4.56. The molecule has 0 bridgehead atoms. The van der Waals surface area contributed by atoms with Gasteiger partial charge in [-0.1, -0.05) is 36.4 Å². The second kappa shape index (κ2) is 8.44. The standard InChI is InChI=1S/C24H26N2O2/c1-28-24(27)12-10-17-9-11-21-18(15-17)5-4-8-22(21)25-14-13-19-16-26-23-7-3-2-6-20(19)23/h2-3,6-7,9-12,15-16,22,25-26H,4-5,8,13-14H2,1H3/b12-10+. The molecule has 0 radical (unpaired) electrons. The monoisotopic (exact) mass is 374 g/mol. The number of para-hydroxylation sites is 1. The van der Waals surface area contributed by atoms with Crippen molar-refractivity contribution >= 4 is 22.9 Å². The molecule has 1 unspecified atom stereocenters. The van der Waals surface area contributed by atoms with Gasteiger partial charge in [0, 0.05) is 29.2 Å². The first-order valence-corrected chi connectivity index (χ1v) is 9.92. The first kappa shape index (κ1) is 18.5. The lowest BCUT2D eigenvalue weighted by Crippen LogP contribution is -2.27. The number of nitrogens with one attached hydrogen (secondary N) is 2. The van der Waals surface area contributed by atoms with E-state index in [1.54, 1.807) is 0 Å². The van der Waals surface area contributed by atoms with Crippen molar-refractivity contribution < 1.29 is 9.53 Å². The fourth-order valence-corrected chi connectivity index (χ4v) is 4.10. The number of aromatic nitrogens is 1. The van der Waals surface area contributed by atoms with Gasteiger partial charge in [-0.25, -0.2) is 4.79 Å². The Balaban J connectivity index is 1.41. The number of benzene rings is 2. The normalized spacial score (nSPS) is 16.4. The summed E-state index contributed by atoms with van der Waals surface area (Å²) in [4.78, 5) is 14.7. The number of rotatable bonds is 6. The Kier molecular flexibility index (Phi) is 5.58. The molecule has 4 rings (SSSR count). The molecule has 0 saturated heterocycles. The molecule has 2 N–H and O–H groups in total. The quantitative estimate of drug-likeness (QED) is 0.491. The molecule has 1 heterocycles. The lowest BCUT2D eigenvalue weighted by atomic mass is 9.86. The Hall–Kier alpha value is -2.85. The minimum atomic E-state index is -0.324. The average molecular weight is 374 g/mol. The van der Waals surface area contributed by atoms with Crippen LogP contribution in [0.3, 0.4) is 0 Å². The minimum Gasteiger partial charge on any atom is -0.466 e. The van der Waals surface area contributed by atoms with Crippen LogP contribution in [-0.4, -0.2) is 24.6 Å². The number of fused-ring (bicyclic) bond motifs is 2. The summed E-state index contributed by atoms with van der Waals surface area (Å²) in [6.07, 6.45) is 9.87. The van der Waals surface area contributed by atoms with E-state index in [9.17, 15) is 4.79 Å². The molecule has 144 valence electrons. The summed E-state index contributed by atoms with van der Waals surface area (Å²) in [5.74, 6) is -0.324. The second-order valence-electron chi connectivity index (χ2n) is 7.32. The van der Waals surface area contributed by atoms with E-state index in [-0.39, 0.29) is 5.97 Å². The zero-order chi connectivity index (χ0) is 19.3. The molecule has 3 aromatic rings. The summed E-state index contributed by atoms with van der Waals surface area (Å²) in [7, 11) is 1.39. The maximum Gasteiger partial charge on any atom is 0.330 e. The lowest BCUT2D eigenvalue weighted by Gasteiger charge is -2.27. The number of esters is 1. The van der Waals surface area contributed by atoms with Gasteiger partial charge >= 0.3 is 5.97 Å². The first-order chi connectivity index (χ1) is 13.7. The first-order valence-electron chi connectivity index (χ1n) is 9.92. The van der Waals surface area contributed by atoms with Crippen LogP contribution in [0, 0.1) is 0 Å². The summed E-state index contributed by atoms with van der Waals surface area (Å²) < 4.78 is 4.67. The number of carbonyl (C=O) groups is 1. The van der Waals surface area contributed by atoms with Crippen molar-refractivity contribution in [2.75, 3.05) is 13.7 Å². The van der Waals surface area contributed by atoms with Gasteiger partial charge in [-0.3, -0.25) is 0 Å². The number of aryl methyl sites for hydroxylation is 1. The van der Waals surface area contributed by atoms with E-state index in [0.29, 0.717) is 6.04 Å². The van der Waals surface area contributed by atoms with Gasteiger partial charge in [0.25, 0.3) is 0 Å². The number of methoxy groups -OCH3 is 1. The highest BCUT2D eigenvalue weighted by molar-refractivity contribution is 5.87. The van der Waals surface area contributed by atoms with Crippen LogP contribution < -0.4 is 5.32 Å². The molecule has 0 amide bonds. The summed E-state index contributed by atoms with van der Waals surface area (Å²) in [6.45, 7) is 0.954. The molecule has 4 nitrogen and oxygen atoms in total. The number of carbonyl (C=O) groups excluding carboxylic acids is 1. The van der Waals surface area contributed by atoms with Crippen LogP contribution in [0.15, 0.2) is 54.7 Å². The number of ether oxygens (including phenoxy) is 1. The predicted molar refractivity (Wildman–Crippen MR) is 113 cm³/mol. The smallest absolute Gasteiger partial charge is 0.330 e.